The van der Waals surface area contributed by atoms with Crippen LogP contribution in [0.5, 0.6) is 0 Å². The Bertz CT molecular complexity index is 460. The van der Waals surface area contributed by atoms with Gasteiger partial charge in [0.05, 0.1) is 12.2 Å². The summed E-state index contributed by atoms with van der Waals surface area (Å²) in [5, 5.41) is 0. The minimum atomic E-state index is 0.897. The van der Waals surface area contributed by atoms with E-state index in [0.717, 1.165) is 19.4 Å². The zero-order valence-electron chi connectivity index (χ0n) is 10.5. The van der Waals surface area contributed by atoms with Crippen molar-refractivity contribution in [3.05, 3.63) is 53.1 Å². The molecule has 1 aliphatic rings. The normalized spacial score (nSPS) is 14.5. The third-order valence-corrected chi connectivity index (χ3v) is 3.47. The first kappa shape index (κ1) is 12.3. The molecule has 17 heavy (non-hydrogen) atoms. The average molecular weight is 245 g/mol. The summed E-state index contributed by atoms with van der Waals surface area (Å²) in [6.45, 7) is 5.25. The van der Waals surface area contributed by atoms with Crippen molar-refractivity contribution >= 4 is 18.5 Å². The van der Waals surface area contributed by atoms with Gasteiger partial charge in [-0.1, -0.05) is 55.7 Å². The van der Waals surface area contributed by atoms with E-state index in [1.807, 2.05) is 0 Å². The fraction of sp³-hybridized carbons (Fsp3) is 0.333. The lowest BCUT2D eigenvalue weighted by Gasteiger charge is -2.21. The van der Waals surface area contributed by atoms with Gasteiger partial charge in [-0.05, 0) is 37.0 Å². The van der Waals surface area contributed by atoms with Gasteiger partial charge in [-0.3, -0.25) is 0 Å². The van der Waals surface area contributed by atoms with Crippen molar-refractivity contribution in [1.29, 1.82) is 0 Å². The summed E-state index contributed by atoms with van der Waals surface area (Å²) in [6, 6.07) is 8.47. The van der Waals surface area contributed by atoms with Crippen molar-refractivity contribution in [2.45, 2.75) is 26.7 Å². The predicted octanol–water partition coefficient (Wildman–Crippen LogP) is 4.18. The number of nitrogens with zero attached hydrogens (tertiary/aromatic N) is 1. The molecule has 1 nitrogen and oxygen atoms in total. The van der Waals surface area contributed by atoms with Crippen molar-refractivity contribution in [2.24, 2.45) is 0 Å². The molecular formula is C15H19NS. The van der Waals surface area contributed by atoms with Crippen molar-refractivity contribution < 1.29 is 0 Å². The molecule has 2 rings (SSSR count). The van der Waals surface area contributed by atoms with Crippen LogP contribution in [-0.2, 0) is 6.42 Å². The number of para-hydroxylation sites is 1. The summed E-state index contributed by atoms with van der Waals surface area (Å²) in [4.78, 5) is 0. The first-order chi connectivity index (χ1) is 8.20. The topological polar surface area (TPSA) is 3.24 Å². The number of allylic oxidation sites excluding steroid dienone is 3. The van der Waals surface area contributed by atoms with E-state index in [1.165, 1.54) is 22.4 Å². The molecule has 1 aliphatic carbocycles. The van der Waals surface area contributed by atoms with Crippen molar-refractivity contribution in [2.75, 3.05) is 10.8 Å². The Kier molecular flexibility index (Phi) is 3.95. The Morgan fingerprint density at radius 2 is 2.00 bits per heavy atom. The number of anilines is 1. The van der Waals surface area contributed by atoms with Crippen LogP contribution in [0.4, 0.5) is 5.69 Å². The molecule has 0 aliphatic heterocycles. The van der Waals surface area contributed by atoms with Gasteiger partial charge in [0.25, 0.3) is 0 Å². The zero-order valence-corrected chi connectivity index (χ0v) is 11.4. The first-order valence-electron chi connectivity index (χ1n) is 6.10. The molecule has 0 N–H and O–H groups in total. The molecule has 0 spiro atoms. The number of hydrogen-bond acceptors (Lipinski definition) is 2. The molecule has 2 heteroatoms. The molecule has 0 bridgehead atoms. The maximum atomic E-state index is 4.62. The average Bonchev–Trinajstić information content (AvgIpc) is 2.74. The number of thiol groups is 1. The summed E-state index contributed by atoms with van der Waals surface area (Å²) >= 11 is 4.62. The van der Waals surface area contributed by atoms with E-state index in [-0.39, 0.29) is 0 Å². The maximum absolute atomic E-state index is 4.62. The Morgan fingerprint density at radius 3 is 2.65 bits per heavy atom. The van der Waals surface area contributed by atoms with Gasteiger partial charge in [0.1, 0.15) is 0 Å². The van der Waals surface area contributed by atoms with E-state index < -0.39 is 0 Å². The van der Waals surface area contributed by atoms with Crippen LogP contribution in [0.1, 0.15) is 25.8 Å². The van der Waals surface area contributed by atoms with Gasteiger partial charge in [-0.2, -0.15) is 0 Å². The van der Waals surface area contributed by atoms with E-state index in [2.05, 4.69) is 67.4 Å². The highest BCUT2D eigenvalue weighted by Crippen LogP contribution is 2.26. The zero-order chi connectivity index (χ0) is 12.3. The van der Waals surface area contributed by atoms with Gasteiger partial charge >= 0.3 is 0 Å². The molecule has 0 saturated heterocycles. The first-order valence-corrected chi connectivity index (χ1v) is 6.50. The fourth-order valence-corrected chi connectivity index (χ4v) is 2.56. The minimum Gasteiger partial charge on any atom is -0.314 e. The van der Waals surface area contributed by atoms with Gasteiger partial charge in [0.15, 0.2) is 0 Å². The van der Waals surface area contributed by atoms with Gasteiger partial charge < -0.3 is 4.31 Å². The van der Waals surface area contributed by atoms with E-state index in [4.69, 9.17) is 0 Å². The highest BCUT2D eigenvalue weighted by Gasteiger charge is 2.11. The molecule has 0 radical (unpaired) electrons. The largest absolute Gasteiger partial charge is 0.314 e. The van der Waals surface area contributed by atoms with Gasteiger partial charge in [-0.15, -0.1) is 0 Å². The van der Waals surface area contributed by atoms with Crippen molar-refractivity contribution in [3.63, 3.8) is 0 Å². The predicted molar refractivity (Wildman–Crippen MR) is 78.6 cm³/mol. The van der Waals surface area contributed by atoms with Crippen LogP contribution < -0.4 is 4.31 Å². The van der Waals surface area contributed by atoms with Crippen LogP contribution in [0, 0.1) is 0 Å². The molecule has 1 aromatic rings. The standard InChI is InChI=1S/C15H19NS/c1-3-14-6-4-5-7-15(14)16(17)11-13-9-8-12(2)10-13/h4-9,17H,3,10-11H2,1-2H3. The highest BCUT2D eigenvalue weighted by atomic mass is 32.1. The Balaban J connectivity index is 2.07. The Labute approximate surface area is 109 Å². The molecule has 0 heterocycles. The number of benzene rings is 1. The lowest BCUT2D eigenvalue weighted by Crippen LogP contribution is -2.15. The summed E-state index contributed by atoms with van der Waals surface area (Å²) in [7, 11) is 0. The van der Waals surface area contributed by atoms with Crippen molar-refractivity contribution in [1.82, 2.24) is 0 Å². The summed E-state index contributed by atoms with van der Waals surface area (Å²) < 4.78 is 2.05. The minimum absolute atomic E-state index is 0.897. The maximum Gasteiger partial charge on any atom is 0.0509 e. The lowest BCUT2D eigenvalue weighted by molar-refractivity contribution is 1.03. The van der Waals surface area contributed by atoms with E-state index in [9.17, 15) is 0 Å². The molecule has 0 saturated carbocycles. The second-order valence-electron chi connectivity index (χ2n) is 4.55. The molecular weight excluding hydrogens is 226 g/mol. The van der Waals surface area contributed by atoms with Crippen LogP contribution in [0.25, 0.3) is 0 Å². The monoisotopic (exact) mass is 245 g/mol. The molecule has 0 aromatic heterocycles. The highest BCUT2D eigenvalue weighted by molar-refractivity contribution is 7.81. The molecule has 0 atom stereocenters. The van der Waals surface area contributed by atoms with Crippen LogP contribution in [0.15, 0.2) is 47.6 Å². The van der Waals surface area contributed by atoms with Crippen LogP contribution in [0.3, 0.4) is 0 Å². The third kappa shape index (κ3) is 2.95. The fourth-order valence-electron chi connectivity index (χ4n) is 2.18. The second-order valence-corrected chi connectivity index (χ2v) is 5.04. The Hall–Kier alpha value is -1.15. The Morgan fingerprint density at radius 1 is 1.24 bits per heavy atom. The van der Waals surface area contributed by atoms with Crippen LogP contribution in [0.2, 0.25) is 0 Å². The van der Waals surface area contributed by atoms with Crippen molar-refractivity contribution in [3.8, 4) is 0 Å². The number of aryl methyl sites for hydroxylation is 1. The lowest BCUT2D eigenvalue weighted by atomic mass is 10.1. The third-order valence-electron chi connectivity index (χ3n) is 3.11. The van der Waals surface area contributed by atoms with E-state index >= 15 is 0 Å². The number of hydrogen-bond donors (Lipinski definition) is 1. The molecule has 0 unspecified atom stereocenters. The molecule has 1 aromatic carbocycles. The second kappa shape index (κ2) is 5.46. The quantitative estimate of drug-likeness (QED) is 0.779. The van der Waals surface area contributed by atoms with E-state index in [0.29, 0.717) is 0 Å². The van der Waals surface area contributed by atoms with Crippen LogP contribution in [-0.4, -0.2) is 6.54 Å². The molecule has 0 amide bonds. The summed E-state index contributed by atoms with van der Waals surface area (Å²) in [5.41, 5.74) is 5.45. The van der Waals surface area contributed by atoms with Gasteiger partial charge in [-0.25, -0.2) is 0 Å². The number of rotatable bonds is 4. The SMILES string of the molecule is CCc1ccccc1N(S)CC1=CC=C(C)C1. The van der Waals surface area contributed by atoms with Gasteiger partial charge in [0, 0.05) is 0 Å². The summed E-state index contributed by atoms with van der Waals surface area (Å²) in [5.74, 6) is 0. The van der Waals surface area contributed by atoms with Crippen LogP contribution >= 0.6 is 12.8 Å². The summed E-state index contributed by atoms with van der Waals surface area (Å²) in [6.07, 6.45) is 6.55. The van der Waals surface area contributed by atoms with Gasteiger partial charge in [0.2, 0.25) is 0 Å². The van der Waals surface area contributed by atoms with E-state index in [1.54, 1.807) is 0 Å². The molecule has 0 fully saturated rings. The smallest absolute Gasteiger partial charge is 0.0509 e. The molecule has 90 valence electrons.